The van der Waals surface area contributed by atoms with Gasteiger partial charge in [-0.2, -0.15) is 0 Å². The predicted molar refractivity (Wildman–Crippen MR) is 103 cm³/mol. The van der Waals surface area contributed by atoms with Gasteiger partial charge in [-0.25, -0.2) is 12.7 Å². The van der Waals surface area contributed by atoms with Crippen LogP contribution in [0.25, 0.3) is 0 Å². The summed E-state index contributed by atoms with van der Waals surface area (Å²) in [7, 11) is -0.461. The topological polar surface area (TPSA) is 57.7 Å². The van der Waals surface area contributed by atoms with Crippen molar-refractivity contribution in [2.45, 2.75) is 37.8 Å². The Labute approximate surface area is 156 Å². The summed E-state index contributed by atoms with van der Waals surface area (Å²) in [6.45, 7) is 4.55. The van der Waals surface area contributed by atoms with Gasteiger partial charge in [-0.05, 0) is 37.1 Å². The van der Waals surface area contributed by atoms with Crippen molar-refractivity contribution in [3.63, 3.8) is 0 Å². The number of benzene rings is 2. The Morgan fingerprint density at radius 2 is 1.50 bits per heavy atom. The number of amides is 1. The Kier molecular flexibility index (Phi) is 6.56. The predicted octanol–water partition coefficient (Wildman–Crippen LogP) is 2.92. The molecule has 1 amide bonds. The van der Waals surface area contributed by atoms with Crippen molar-refractivity contribution < 1.29 is 13.2 Å². The summed E-state index contributed by atoms with van der Waals surface area (Å²) >= 11 is 0. The van der Waals surface area contributed by atoms with Gasteiger partial charge in [0, 0.05) is 26.7 Å². The molecule has 0 aliphatic rings. The Bertz CT molecular complexity index is 829. The molecule has 26 heavy (non-hydrogen) atoms. The van der Waals surface area contributed by atoms with E-state index in [-0.39, 0.29) is 23.3 Å². The van der Waals surface area contributed by atoms with Gasteiger partial charge in [0.1, 0.15) is 0 Å². The molecule has 140 valence electrons. The summed E-state index contributed by atoms with van der Waals surface area (Å²) in [6.07, 6.45) is 0.243. The van der Waals surface area contributed by atoms with E-state index in [2.05, 4.69) is 0 Å². The molecule has 0 radical (unpaired) electrons. The van der Waals surface area contributed by atoms with Gasteiger partial charge in [-0.3, -0.25) is 4.79 Å². The van der Waals surface area contributed by atoms with Crippen molar-refractivity contribution in [1.29, 1.82) is 0 Å². The largest absolute Gasteiger partial charge is 0.336 e. The molecule has 0 bridgehead atoms. The number of nitrogens with zero attached hydrogens (tertiary/aromatic N) is 2. The first-order chi connectivity index (χ1) is 12.2. The van der Waals surface area contributed by atoms with E-state index in [9.17, 15) is 13.2 Å². The maximum absolute atomic E-state index is 12.7. The van der Waals surface area contributed by atoms with E-state index in [1.807, 2.05) is 49.1 Å². The second-order valence-electron chi connectivity index (χ2n) is 6.71. The van der Waals surface area contributed by atoms with Gasteiger partial charge in [-0.1, -0.05) is 42.5 Å². The van der Waals surface area contributed by atoms with Crippen molar-refractivity contribution in [1.82, 2.24) is 9.21 Å². The van der Waals surface area contributed by atoms with E-state index in [1.54, 1.807) is 24.3 Å². The van der Waals surface area contributed by atoms with Crippen LogP contribution in [0.4, 0.5) is 0 Å². The van der Waals surface area contributed by atoms with Gasteiger partial charge < -0.3 is 4.90 Å². The molecule has 0 heterocycles. The SMILES string of the molecule is CC(C)N(Cc1ccccc1)C(=O)Cc1ccc(S(=O)(=O)N(C)C)cc1. The fourth-order valence-electron chi connectivity index (χ4n) is 2.61. The van der Waals surface area contributed by atoms with Gasteiger partial charge in [0.15, 0.2) is 0 Å². The third-order valence-electron chi connectivity index (χ3n) is 4.20. The maximum atomic E-state index is 12.7. The standard InChI is InChI=1S/C20H26N2O3S/c1-16(2)22(15-18-8-6-5-7-9-18)20(23)14-17-10-12-19(13-11-17)26(24,25)21(3)4/h5-13,16H,14-15H2,1-4H3. The third kappa shape index (κ3) is 4.93. The zero-order chi connectivity index (χ0) is 19.3. The highest BCUT2D eigenvalue weighted by molar-refractivity contribution is 7.89. The van der Waals surface area contributed by atoms with Crippen molar-refractivity contribution in [3.05, 3.63) is 65.7 Å². The van der Waals surface area contributed by atoms with Gasteiger partial charge >= 0.3 is 0 Å². The van der Waals surface area contributed by atoms with Crippen LogP contribution in [0.3, 0.4) is 0 Å². The lowest BCUT2D eigenvalue weighted by atomic mass is 10.1. The van der Waals surface area contributed by atoms with Crippen LogP contribution in [0.5, 0.6) is 0 Å². The fourth-order valence-corrected chi connectivity index (χ4v) is 3.51. The fraction of sp³-hybridized carbons (Fsp3) is 0.350. The minimum absolute atomic E-state index is 0.0204. The first kappa shape index (κ1) is 20.1. The molecule has 5 nitrogen and oxygen atoms in total. The van der Waals surface area contributed by atoms with Gasteiger partial charge in [-0.15, -0.1) is 0 Å². The van der Waals surface area contributed by atoms with Crippen LogP contribution in [0, 0.1) is 0 Å². The average molecular weight is 375 g/mol. The minimum Gasteiger partial charge on any atom is -0.336 e. The zero-order valence-electron chi connectivity index (χ0n) is 15.7. The molecular weight excluding hydrogens is 348 g/mol. The summed E-state index contributed by atoms with van der Waals surface area (Å²) < 4.78 is 25.4. The quantitative estimate of drug-likeness (QED) is 0.749. The van der Waals surface area contributed by atoms with Crippen LogP contribution in [0.2, 0.25) is 0 Å². The van der Waals surface area contributed by atoms with Crippen LogP contribution in [-0.2, 0) is 27.8 Å². The second-order valence-corrected chi connectivity index (χ2v) is 8.86. The smallest absolute Gasteiger partial charge is 0.242 e. The van der Waals surface area contributed by atoms with Crippen molar-refractivity contribution in [2.75, 3.05) is 14.1 Å². The molecule has 0 atom stereocenters. The summed E-state index contributed by atoms with van der Waals surface area (Å²) in [5.41, 5.74) is 1.88. The van der Waals surface area contributed by atoms with Crippen LogP contribution in [0.1, 0.15) is 25.0 Å². The van der Waals surface area contributed by atoms with E-state index in [1.165, 1.54) is 18.4 Å². The van der Waals surface area contributed by atoms with Crippen LogP contribution < -0.4 is 0 Å². The molecule has 2 aromatic rings. The molecule has 0 spiro atoms. The lowest BCUT2D eigenvalue weighted by molar-refractivity contribution is -0.132. The molecule has 0 unspecified atom stereocenters. The first-order valence-corrected chi connectivity index (χ1v) is 10.0. The Morgan fingerprint density at radius 1 is 0.923 bits per heavy atom. The Hall–Kier alpha value is -2.18. The summed E-state index contributed by atoms with van der Waals surface area (Å²) in [4.78, 5) is 14.8. The van der Waals surface area contributed by atoms with Crippen molar-refractivity contribution in [3.8, 4) is 0 Å². The normalized spacial score (nSPS) is 11.8. The van der Waals surface area contributed by atoms with Crippen molar-refractivity contribution in [2.24, 2.45) is 0 Å². The van der Waals surface area contributed by atoms with Crippen molar-refractivity contribution >= 4 is 15.9 Å². The highest BCUT2D eigenvalue weighted by Crippen LogP contribution is 2.16. The van der Waals surface area contributed by atoms with E-state index in [0.29, 0.717) is 6.54 Å². The number of hydrogen-bond acceptors (Lipinski definition) is 3. The van der Waals surface area contributed by atoms with E-state index >= 15 is 0 Å². The molecule has 2 rings (SSSR count). The molecule has 6 heteroatoms. The minimum atomic E-state index is -3.45. The van der Waals surface area contributed by atoms with Gasteiger partial charge in [0.25, 0.3) is 0 Å². The Balaban J connectivity index is 2.12. The summed E-state index contributed by atoms with van der Waals surface area (Å²) in [6, 6.07) is 16.5. The lowest BCUT2D eigenvalue weighted by Gasteiger charge is -2.27. The average Bonchev–Trinajstić information content (AvgIpc) is 2.60. The van der Waals surface area contributed by atoms with E-state index in [4.69, 9.17) is 0 Å². The number of sulfonamides is 1. The molecule has 2 aromatic carbocycles. The number of carbonyl (C=O) groups excluding carboxylic acids is 1. The van der Waals surface area contributed by atoms with E-state index in [0.717, 1.165) is 11.1 Å². The molecule has 0 aromatic heterocycles. The van der Waals surface area contributed by atoms with Crippen LogP contribution in [0.15, 0.2) is 59.5 Å². The molecule has 0 fully saturated rings. The zero-order valence-corrected chi connectivity index (χ0v) is 16.5. The van der Waals surface area contributed by atoms with Gasteiger partial charge in [0.05, 0.1) is 11.3 Å². The number of rotatable bonds is 7. The monoisotopic (exact) mass is 374 g/mol. The number of hydrogen-bond donors (Lipinski definition) is 0. The highest BCUT2D eigenvalue weighted by atomic mass is 32.2. The lowest BCUT2D eigenvalue weighted by Crippen LogP contribution is -2.37. The molecule has 0 N–H and O–H groups in total. The molecular formula is C20H26N2O3S. The number of carbonyl (C=O) groups is 1. The van der Waals surface area contributed by atoms with E-state index < -0.39 is 10.0 Å². The summed E-state index contributed by atoms with van der Waals surface area (Å²) in [5.74, 6) is 0.0204. The summed E-state index contributed by atoms with van der Waals surface area (Å²) in [5, 5.41) is 0. The molecule has 0 aliphatic carbocycles. The van der Waals surface area contributed by atoms with Gasteiger partial charge in [0.2, 0.25) is 15.9 Å². The highest BCUT2D eigenvalue weighted by Gasteiger charge is 2.19. The van der Waals surface area contributed by atoms with Crippen LogP contribution >= 0.6 is 0 Å². The van der Waals surface area contributed by atoms with Crippen LogP contribution in [-0.4, -0.2) is 43.7 Å². The molecule has 0 aliphatic heterocycles. The Morgan fingerprint density at radius 3 is 2.00 bits per heavy atom. The third-order valence-corrected chi connectivity index (χ3v) is 6.03. The maximum Gasteiger partial charge on any atom is 0.242 e. The molecule has 0 saturated heterocycles. The second kappa shape index (κ2) is 8.47. The molecule has 0 saturated carbocycles. The first-order valence-electron chi connectivity index (χ1n) is 8.56.